The maximum Gasteiger partial charge on any atom is 0.330 e. The van der Waals surface area contributed by atoms with Gasteiger partial charge in [-0.25, -0.2) is 13.2 Å². The van der Waals surface area contributed by atoms with E-state index in [0.717, 1.165) is 5.69 Å². The Kier molecular flexibility index (Phi) is 7.84. The van der Waals surface area contributed by atoms with Gasteiger partial charge in [-0.3, -0.25) is 9.88 Å². The van der Waals surface area contributed by atoms with Gasteiger partial charge in [0.05, 0.1) is 27.0 Å². The number of sulfonamides is 1. The molecule has 1 aromatic carbocycles. The molecule has 9 nitrogen and oxygen atoms in total. The molecule has 2 aromatic rings. The lowest BCUT2D eigenvalue weighted by Gasteiger charge is -2.34. The molecule has 0 bridgehead atoms. The van der Waals surface area contributed by atoms with E-state index >= 15 is 0 Å². The average molecular weight is 462 g/mol. The van der Waals surface area contributed by atoms with E-state index in [1.807, 2.05) is 18.2 Å². The Morgan fingerprint density at radius 2 is 1.84 bits per heavy atom. The van der Waals surface area contributed by atoms with Crippen LogP contribution in [0, 0.1) is 0 Å². The van der Waals surface area contributed by atoms with Gasteiger partial charge in [0.25, 0.3) is 0 Å². The SMILES string of the molecule is COC(=O)/C=C/c1cc(OC)c(OC)c(S(=O)(=O)N2CCN(Cc3ccccn3)CC2)c1. The number of hydrogen-bond acceptors (Lipinski definition) is 8. The molecule has 1 fully saturated rings. The summed E-state index contributed by atoms with van der Waals surface area (Å²) >= 11 is 0. The summed E-state index contributed by atoms with van der Waals surface area (Å²) in [4.78, 5) is 17.9. The molecule has 0 amide bonds. The summed E-state index contributed by atoms with van der Waals surface area (Å²) in [6.07, 6.45) is 4.43. The zero-order valence-electron chi connectivity index (χ0n) is 18.4. The molecule has 2 heterocycles. The molecule has 0 radical (unpaired) electrons. The molecule has 1 aliphatic rings. The van der Waals surface area contributed by atoms with Gasteiger partial charge in [-0.15, -0.1) is 0 Å². The maximum atomic E-state index is 13.5. The van der Waals surface area contributed by atoms with Crippen molar-refractivity contribution < 1.29 is 27.4 Å². The van der Waals surface area contributed by atoms with Gasteiger partial charge in [-0.2, -0.15) is 4.31 Å². The van der Waals surface area contributed by atoms with Gasteiger partial charge < -0.3 is 14.2 Å². The topological polar surface area (TPSA) is 98.3 Å². The van der Waals surface area contributed by atoms with E-state index in [9.17, 15) is 13.2 Å². The van der Waals surface area contributed by atoms with Crippen molar-refractivity contribution in [1.82, 2.24) is 14.2 Å². The summed E-state index contributed by atoms with van der Waals surface area (Å²) in [6.45, 7) is 2.50. The number of rotatable bonds is 8. The first-order valence-electron chi connectivity index (χ1n) is 10.0. The Balaban J connectivity index is 1.83. The molecule has 3 rings (SSSR count). The number of esters is 1. The number of hydrogen-bond donors (Lipinski definition) is 0. The number of methoxy groups -OCH3 is 3. The van der Waals surface area contributed by atoms with Crippen LogP contribution in [-0.4, -0.2) is 76.1 Å². The van der Waals surface area contributed by atoms with Crippen LogP contribution in [0.5, 0.6) is 11.5 Å². The highest BCUT2D eigenvalue weighted by atomic mass is 32.2. The largest absolute Gasteiger partial charge is 0.493 e. The standard InChI is InChI=1S/C22H27N3O6S/c1-29-19-14-17(7-8-21(26)30-2)15-20(22(19)31-3)32(27,28)25-12-10-24(11-13-25)16-18-6-4-5-9-23-18/h4-9,14-15H,10-13,16H2,1-3H3/b8-7+. The molecule has 0 N–H and O–H groups in total. The Labute approximate surface area is 188 Å². The number of carbonyl (C=O) groups is 1. The molecule has 0 spiro atoms. The first-order chi connectivity index (χ1) is 15.4. The highest BCUT2D eigenvalue weighted by molar-refractivity contribution is 7.89. The van der Waals surface area contributed by atoms with Crippen molar-refractivity contribution in [2.75, 3.05) is 47.5 Å². The van der Waals surface area contributed by atoms with Crippen molar-refractivity contribution in [3.8, 4) is 11.5 Å². The van der Waals surface area contributed by atoms with Crippen molar-refractivity contribution in [1.29, 1.82) is 0 Å². The first-order valence-corrected chi connectivity index (χ1v) is 11.5. The zero-order chi connectivity index (χ0) is 23.1. The predicted molar refractivity (Wildman–Crippen MR) is 119 cm³/mol. The fourth-order valence-corrected chi connectivity index (χ4v) is 5.08. The number of pyridine rings is 1. The molecular weight excluding hydrogens is 434 g/mol. The lowest BCUT2D eigenvalue weighted by molar-refractivity contribution is -0.134. The van der Waals surface area contributed by atoms with Crippen LogP contribution >= 0.6 is 0 Å². The molecule has 1 saturated heterocycles. The molecule has 32 heavy (non-hydrogen) atoms. The number of carbonyl (C=O) groups excluding carboxylic acids is 1. The second-order valence-electron chi connectivity index (χ2n) is 7.11. The third-order valence-electron chi connectivity index (χ3n) is 5.14. The van der Waals surface area contributed by atoms with Crippen molar-refractivity contribution in [3.05, 3.63) is 53.9 Å². The third kappa shape index (κ3) is 5.45. The van der Waals surface area contributed by atoms with E-state index in [2.05, 4.69) is 14.6 Å². The summed E-state index contributed by atoms with van der Waals surface area (Å²) in [5, 5.41) is 0. The molecule has 172 valence electrons. The molecule has 1 aliphatic heterocycles. The number of ether oxygens (including phenoxy) is 3. The van der Waals surface area contributed by atoms with Gasteiger partial charge in [0.15, 0.2) is 11.5 Å². The minimum atomic E-state index is -3.86. The summed E-state index contributed by atoms with van der Waals surface area (Å²) in [7, 11) is 0.228. The molecular formula is C22H27N3O6S. The van der Waals surface area contributed by atoms with Crippen LogP contribution in [0.1, 0.15) is 11.3 Å². The lowest BCUT2D eigenvalue weighted by Crippen LogP contribution is -2.48. The third-order valence-corrected chi connectivity index (χ3v) is 7.05. The van der Waals surface area contributed by atoms with E-state index in [1.54, 1.807) is 12.3 Å². The van der Waals surface area contributed by atoms with Crippen LogP contribution in [-0.2, 0) is 26.1 Å². The molecule has 10 heteroatoms. The van der Waals surface area contributed by atoms with Crippen molar-refractivity contribution in [2.45, 2.75) is 11.4 Å². The van der Waals surface area contributed by atoms with E-state index in [-0.39, 0.29) is 16.4 Å². The van der Waals surface area contributed by atoms with Crippen LogP contribution in [0.15, 0.2) is 47.5 Å². The normalized spacial score (nSPS) is 15.6. The molecule has 0 saturated carbocycles. The van der Waals surface area contributed by atoms with Crippen molar-refractivity contribution in [3.63, 3.8) is 0 Å². The molecule has 0 atom stereocenters. The second-order valence-corrected chi connectivity index (χ2v) is 9.02. The smallest absolute Gasteiger partial charge is 0.330 e. The summed E-state index contributed by atoms with van der Waals surface area (Å²) in [5.74, 6) is -0.168. The lowest BCUT2D eigenvalue weighted by atomic mass is 10.2. The Morgan fingerprint density at radius 1 is 1.09 bits per heavy atom. The molecule has 1 aromatic heterocycles. The van der Waals surface area contributed by atoms with Crippen LogP contribution in [0.3, 0.4) is 0 Å². The summed E-state index contributed by atoms with van der Waals surface area (Å²) in [6, 6.07) is 8.82. The highest BCUT2D eigenvalue weighted by Gasteiger charge is 2.32. The Hall–Kier alpha value is -2.95. The van der Waals surface area contributed by atoms with E-state index in [0.29, 0.717) is 38.3 Å². The number of aromatic nitrogens is 1. The average Bonchev–Trinajstić information content (AvgIpc) is 2.82. The zero-order valence-corrected chi connectivity index (χ0v) is 19.2. The molecule has 0 unspecified atom stereocenters. The van der Waals surface area contributed by atoms with E-state index < -0.39 is 16.0 Å². The van der Waals surface area contributed by atoms with Gasteiger partial charge in [-0.05, 0) is 35.9 Å². The van der Waals surface area contributed by atoms with Crippen LogP contribution in [0.4, 0.5) is 0 Å². The first kappa shape index (κ1) is 23.7. The number of benzene rings is 1. The number of piperazine rings is 1. The highest BCUT2D eigenvalue weighted by Crippen LogP contribution is 2.37. The van der Waals surface area contributed by atoms with Crippen LogP contribution in [0.2, 0.25) is 0 Å². The second kappa shape index (κ2) is 10.6. The maximum absolute atomic E-state index is 13.5. The van der Waals surface area contributed by atoms with Gasteiger partial charge in [0.1, 0.15) is 4.90 Å². The van der Waals surface area contributed by atoms with E-state index in [4.69, 9.17) is 9.47 Å². The number of nitrogens with zero attached hydrogens (tertiary/aromatic N) is 3. The van der Waals surface area contributed by atoms with Gasteiger partial charge in [0.2, 0.25) is 10.0 Å². The Bertz CT molecular complexity index is 1060. The molecule has 0 aliphatic carbocycles. The van der Waals surface area contributed by atoms with Gasteiger partial charge in [0, 0.05) is 45.0 Å². The van der Waals surface area contributed by atoms with Crippen LogP contribution < -0.4 is 9.47 Å². The predicted octanol–water partition coefficient (Wildman–Crippen LogP) is 1.79. The quantitative estimate of drug-likeness (QED) is 0.434. The fourth-order valence-electron chi connectivity index (χ4n) is 3.46. The summed E-state index contributed by atoms with van der Waals surface area (Å²) in [5.41, 5.74) is 1.42. The van der Waals surface area contributed by atoms with Gasteiger partial charge >= 0.3 is 5.97 Å². The Morgan fingerprint density at radius 3 is 2.44 bits per heavy atom. The fraction of sp³-hybridized carbons (Fsp3) is 0.364. The summed E-state index contributed by atoms with van der Waals surface area (Å²) < 4.78 is 43.7. The van der Waals surface area contributed by atoms with Crippen LogP contribution in [0.25, 0.3) is 6.08 Å². The monoisotopic (exact) mass is 461 g/mol. The van der Waals surface area contributed by atoms with Crippen molar-refractivity contribution in [2.24, 2.45) is 0 Å². The minimum Gasteiger partial charge on any atom is -0.493 e. The minimum absolute atomic E-state index is 0.0120. The van der Waals surface area contributed by atoms with E-state index in [1.165, 1.54) is 43.9 Å². The van der Waals surface area contributed by atoms with Gasteiger partial charge in [-0.1, -0.05) is 6.07 Å². The van der Waals surface area contributed by atoms with Crippen molar-refractivity contribution >= 4 is 22.1 Å².